The molecule has 1 atom stereocenters. The van der Waals surface area contributed by atoms with Crippen LogP contribution in [-0.2, 0) is 17.7 Å². The van der Waals surface area contributed by atoms with Gasteiger partial charge in [-0.05, 0) is 55.3 Å². The van der Waals surface area contributed by atoms with Crippen LogP contribution in [0, 0.1) is 5.41 Å². The number of phenols is 1. The second-order valence-corrected chi connectivity index (χ2v) is 8.00. The zero-order chi connectivity index (χ0) is 19.6. The summed E-state index contributed by atoms with van der Waals surface area (Å²) in [5.41, 5.74) is 2.80. The number of ether oxygens (including phenoxy) is 1. The van der Waals surface area contributed by atoms with Crippen LogP contribution in [0.15, 0.2) is 48.5 Å². The molecule has 144 valence electrons. The molecule has 0 radical (unpaired) electrons. The summed E-state index contributed by atoms with van der Waals surface area (Å²) in [6.07, 6.45) is -0.213. The third-order valence-electron chi connectivity index (χ3n) is 4.85. The van der Waals surface area contributed by atoms with Crippen LogP contribution < -0.4 is 0 Å². The van der Waals surface area contributed by atoms with Crippen LogP contribution in [0.4, 0.5) is 0 Å². The molecule has 1 aromatic heterocycles. The fraction of sp³-hybridized carbons (Fsp3) is 0.364. The van der Waals surface area contributed by atoms with Crippen molar-refractivity contribution in [3.63, 3.8) is 0 Å². The van der Waals surface area contributed by atoms with Gasteiger partial charge >= 0.3 is 0 Å². The van der Waals surface area contributed by atoms with E-state index in [0.717, 1.165) is 22.2 Å². The van der Waals surface area contributed by atoms with E-state index in [-0.39, 0.29) is 5.75 Å². The minimum Gasteiger partial charge on any atom is -0.508 e. The summed E-state index contributed by atoms with van der Waals surface area (Å²) in [6, 6.07) is 15.3. The molecule has 3 rings (SSSR count). The van der Waals surface area contributed by atoms with Crippen molar-refractivity contribution in [2.75, 3.05) is 6.61 Å². The Morgan fingerprint density at radius 1 is 1.11 bits per heavy atom. The first-order valence-corrected chi connectivity index (χ1v) is 9.53. The lowest BCUT2D eigenvalue weighted by molar-refractivity contribution is -0.161. The van der Waals surface area contributed by atoms with Crippen LogP contribution in [0.3, 0.4) is 0 Å². The van der Waals surface area contributed by atoms with Gasteiger partial charge < -0.3 is 19.5 Å². The molecule has 0 fully saturated rings. The molecule has 2 N–H and O–H groups in total. The normalized spacial score (nSPS) is 13.2. The number of aromatic hydroxyl groups is 1. The second kappa shape index (κ2) is 7.93. The van der Waals surface area contributed by atoms with E-state index in [1.54, 1.807) is 12.1 Å². The van der Waals surface area contributed by atoms with E-state index in [0.29, 0.717) is 24.6 Å². The second-order valence-electron chi connectivity index (χ2n) is 7.56. The zero-order valence-corrected chi connectivity index (χ0v) is 16.7. The van der Waals surface area contributed by atoms with Crippen molar-refractivity contribution in [1.82, 2.24) is 4.57 Å². The maximum atomic E-state index is 10.4. The Hall–Kier alpha value is -2.01. The largest absolute Gasteiger partial charge is 0.508 e. The summed E-state index contributed by atoms with van der Waals surface area (Å²) in [6.45, 7) is 7.01. The van der Waals surface area contributed by atoms with E-state index in [9.17, 15) is 10.2 Å². The SMILES string of the molecule is CCO[C@H](O)C(C)(C)Cc1cc2cc(O)ccc2n1Cc1ccc(Cl)cc1. The van der Waals surface area contributed by atoms with Gasteiger partial charge in [-0.2, -0.15) is 0 Å². The van der Waals surface area contributed by atoms with E-state index in [4.69, 9.17) is 16.3 Å². The molecule has 0 aliphatic carbocycles. The van der Waals surface area contributed by atoms with Crippen LogP contribution in [-0.4, -0.2) is 27.7 Å². The predicted molar refractivity (Wildman–Crippen MR) is 109 cm³/mol. The van der Waals surface area contributed by atoms with Crippen molar-refractivity contribution in [2.45, 2.75) is 40.0 Å². The summed E-state index contributed by atoms with van der Waals surface area (Å²) in [5.74, 6) is 0.242. The number of aliphatic hydroxyl groups is 1. The Morgan fingerprint density at radius 3 is 2.48 bits per heavy atom. The van der Waals surface area contributed by atoms with Gasteiger partial charge in [0.25, 0.3) is 0 Å². The molecule has 0 saturated carbocycles. The standard InChI is InChI=1S/C22H26ClNO3/c1-4-27-21(26)22(2,3)13-18-11-16-12-19(25)9-10-20(16)24(18)14-15-5-7-17(23)8-6-15/h5-12,21,25-26H,4,13-14H2,1-3H3/t21-/m0/s1. The number of benzene rings is 2. The first-order chi connectivity index (χ1) is 12.8. The van der Waals surface area contributed by atoms with E-state index >= 15 is 0 Å². The van der Waals surface area contributed by atoms with Crippen LogP contribution in [0.1, 0.15) is 32.0 Å². The minimum absolute atomic E-state index is 0.242. The van der Waals surface area contributed by atoms with E-state index in [1.165, 1.54) is 0 Å². The summed E-state index contributed by atoms with van der Waals surface area (Å²) in [7, 11) is 0. The number of hydrogen-bond acceptors (Lipinski definition) is 3. The molecule has 0 amide bonds. The molecule has 5 heteroatoms. The number of phenolic OH excluding ortho intramolecular Hbond substituents is 1. The van der Waals surface area contributed by atoms with Crippen LogP contribution in [0.5, 0.6) is 5.75 Å². The van der Waals surface area contributed by atoms with Gasteiger partial charge in [0.2, 0.25) is 0 Å². The highest BCUT2D eigenvalue weighted by atomic mass is 35.5. The summed E-state index contributed by atoms with van der Waals surface area (Å²) >= 11 is 6.01. The van der Waals surface area contributed by atoms with E-state index < -0.39 is 11.7 Å². The van der Waals surface area contributed by atoms with Gasteiger partial charge in [0.05, 0.1) is 0 Å². The molecule has 0 unspecified atom stereocenters. The lowest BCUT2D eigenvalue weighted by atomic mass is 9.87. The Kier molecular flexibility index (Phi) is 5.80. The molecule has 4 nitrogen and oxygen atoms in total. The molecule has 0 saturated heterocycles. The lowest BCUT2D eigenvalue weighted by Gasteiger charge is -2.30. The molecule has 0 aliphatic rings. The van der Waals surface area contributed by atoms with Crippen molar-refractivity contribution in [3.8, 4) is 5.75 Å². The average Bonchev–Trinajstić information content (AvgIpc) is 2.92. The van der Waals surface area contributed by atoms with Gasteiger partial charge in [-0.15, -0.1) is 0 Å². The topological polar surface area (TPSA) is 54.6 Å². The Morgan fingerprint density at radius 2 is 1.81 bits per heavy atom. The Balaban J connectivity index is 2.01. The fourth-order valence-electron chi connectivity index (χ4n) is 3.36. The first kappa shape index (κ1) is 19.7. The molecule has 0 aliphatic heterocycles. The molecule has 1 heterocycles. The van der Waals surface area contributed by atoms with E-state index in [1.807, 2.05) is 51.1 Å². The Labute approximate surface area is 165 Å². The van der Waals surface area contributed by atoms with Crippen LogP contribution in [0.2, 0.25) is 5.02 Å². The van der Waals surface area contributed by atoms with Gasteiger partial charge in [0.15, 0.2) is 6.29 Å². The van der Waals surface area contributed by atoms with Gasteiger partial charge in [-0.3, -0.25) is 0 Å². The summed E-state index contributed by atoms with van der Waals surface area (Å²) in [5, 5.41) is 21.9. The predicted octanol–water partition coefficient (Wildman–Crippen LogP) is 4.97. The van der Waals surface area contributed by atoms with Crippen molar-refractivity contribution < 1.29 is 14.9 Å². The van der Waals surface area contributed by atoms with Gasteiger partial charge in [-0.1, -0.05) is 37.6 Å². The summed E-state index contributed by atoms with van der Waals surface area (Å²) in [4.78, 5) is 0. The number of fused-ring (bicyclic) bond motifs is 1. The molecule has 27 heavy (non-hydrogen) atoms. The van der Waals surface area contributed by atoms with Crippen molar-refractivity contribution in [3.05, 3.63) is 64.8 Å². The highest BCUT2D eigenvalue weighted by Crippen LogP contribution is 2.32. The number of halogens is 1. The van der Waals surface area contributed by atoms with Crippen molar-refractivity contribution in [1.29, 1.82) is 0 Å². The number of rotatable bonds is 7. The van der Waals surface area contributed by atoms with Gasteiger partial charge in [0.1, 0.15) is 5.75 Å². The van der Waals surface area contributed by atoms with Crippen LogP contribution >= 0.6 is 11.6 Å². The van der Waals surface area contributed by atoms with Gasteiger partial charge in [-0.25, -0.2) is 0 Å². The highest BCUT2D eigenvalue weighted by molar-refractivity contribution is 6.30. The minimum atomic E-state index is -0.849. The first-order valence-electron chi connectivity index (χ1n) is 9.15. The van der Waals surface area contributed by atoms with Crippen LogP contribution in [0.25, 0.3) is 10.9 Å². The molecule has 2 aromatic carbocycles. The van der Waals surface area contributed by atoms with Crippen molar-refractivity contribution in [2.24, 2.45) is 5.41 Å². The summed E-state index contributed by atoms with van der Waals surface area (Å²) < 4.78 is 7.66. The fourth-order valence-corrected chi connectivity index (χ4v) is 3.48. The number of hydrogen-bond donors (Lipinski definition) is 2. The Bertz CT molecular complexity index is 915. The maximum absolute atomic E-state index is 10.4. The average molecular weight is 388 g/mol. The third kappa shape index (κ3) is 4.46. The van der Waals surface area contributed by atoms with Gasteiger partial charge in [0, 0.05) is 40.2 Å². The third-order valence-corrected chi connectivity index (χ3v) is 5.11. The maximum Gasteiger partial charge on any atom is 0.159 e. The van der Waals surface area contributed by atoms with Crippen molar-refractivity contribution >= 4 is 22.5 Å². The molecule has 0 spiro atoms. The smallest absolute Gasteiger partial charge is 0.159 e. The van der Waals surface area contributed by atoms with E-state index in [2.05, 4.69) is 10.6 Å². The number of aromatic nitrogens is 1. The lowest BCUT2D eigenvalue weighted by Crippen LogP contribution is -2.34. The molecule has 3 aromatic rings. The highest BCUT2D eigenvalue weighted by Gasteiger charge is 2.30. The number of aliphatic hydroxyl groups excluding tert-OH is 1. The zero-order valence-electron chi connectivity index (χ0n) is 15.9. The quantitative estimate of drug-likeness (QED) is 0.562. The monoisotopic (exact) mass is 387 g/mol. The molecular formula is C22H26ClNO3. The molecular weight excluding hydrogens is 362 g/mol. The number of nitrogens with zero attached hydrogens (tertiary/aromatic N) is 1. The molecule has 0 bridgehead atoms.